The number of aryl methyl sites for hydroxylation is 1. The lowest BCUT2D eigenvalue weighted by atomic mass is 9.90. The molecule has 1 aromatic heterocycles. The Morgan fingerprint density at radius 3 is 2.28 bits per heavy atom. The van der Waals surface area contributed by atoms with Gasteiger partial charge in [-0.15, -0.1) is 0 Å². The summed E-state index contributed by atoms with van der Waals surface area (Å²) in [4.78, 5) is 30.1. The van der Waals surface area contributed by atoms with Crippen LogP contribution in [-0.4, -0.2) is 29.3 Å². The minimum atomic E-state index is -0.594. The lowest BCUT2D eigenvalue weighted by Gasteiger charge is -2.22. The summed E-state index contributed by atoms with van der Waals surface area (Å²) in [6.45, 7) is 12.9. The molecule has 7 heteroatoms. The number of rotatable bonds is 10. The molecule has 1 heterocycles. The summed E-state index contributed by atoms with van der Waals surface area (Å²) in [6, 6.07) is 24.3. The summed E-state index contributed by atoms with van der Waals surface area (Å²) in [6.07, 6.45) is 0.497. The molecule has 43 heavy (non-hydrogen) atoms. The molecule has 0 bridgehead atoms. The number of ether oxygens (including phenoxy) is 2. The second-order valence-corrected chi connectivity index (χ2v) is 12.3. The van der Waals surface area contributed by atoms with Crippen LogP contribution in [0.25, 0.3) is 22.0 Å². The van der Waals surface area contributed by atoms with Gasteiger partial charge in [0.25, 0.3) is 0 Å². The van der Waals surface area contributed by atoms with Crippen molar-refractivity contribution in [2.45, 2.75) is 73.1 Å². The Kier molecular flexibility index (Phi) is 10.4. The average Bonchev–Trinajstić information content (AvgIpc) is 2.95. The second kappa shape index (κ2) is 14.2. The van der Waals surface area contributed by atoms with E-state index in [9.17, 15) is 9.59 Å². The highest BCUT2D eigenvalue weighted by Crippen LogP contribution is 2.35. The minimum absolute atomic E-state index is 0.229. The quantitative estimate of drug-likeness (QED) is 0.199. The van der Waals surface area contributed by atoms with Crippen molar-refractivity contribution in [3.8, 4) is 11.1 Å². The van der Waals surface area contributed by atoms with Crippen molar-refractivity contribution in [1.82, 2.24) is 15.6 Å². The van der Waals surface area contributed by atoms with E-state index < -0.39 is 17.8 Å². The number of benzene rings is 3. The summed E-state index contributed by atoms with van der Waals surface area (Å²) < 4.78 is 10.9. The molecule has 0 unspecified atom stereocenters. The zero-order chi connectivity index (χ0) is 31.0. The van der Waals surface area contributed by atoms with Crippen molar-refractivity contribution in [2.24, 2.45) is 5.92 Å². The van der Waals surface area contributed by atoms with Crippen molar-refractivity contribution in [3.63, 3.8) is 0 Å². The monoisotopic (exact) mass is 581 g/mol. The fourth-order valence-corrected chi connectivity index (χ4v) is 4.91. The van der Waals surface area contributed by atoms with E-state index in [1.54, 1.807) is 0 Å². The number of hydrogen-bond acceptors (Lipinski definition) is 5. The van der Waals surface area contributed by atoms with Gasteiger partial charge < -0.3 is 20.1 Å². The Hall–Kier alpha value is -4.39. The smallest absolute Gasteiger partial charge is 0.407 e. The molecule has 0 fully saturated rings. The standard InChI is InChI=1S/C36H43N3O4/c1-24(2)20-32-30(22-38-35(41)43-36(4,5)6)33(28-15-12-25(3)13-16-28)29-21-26(14-17-31(29)39-32)18-19-37-34(40)42-23-27-10-8-7-9-11-27/h7-17,21,24H,18-20,22-23H2,1-6H3,(H,37,40)(H,38,41). The zero-order valence-electron chi connectivity index (χ0n) is 26.1. The number of carbonyl (C=O) groups is 2. The largest absolute Gasteiger partial charge is 0.445 e. The van der Waals surface area contributed by atoms with Gasteiger partial charge in [0.05, 0.1) is 5.52 Å². The van der Waals surface area contributed by atoms with Gasteiger partial charge in [0.1, 0.15) is 12.2 Å². The second-order valence-electron chi connectivity index (χ2n) is 12.3. The van der Waals surface area contributed by atoms with Crippen molar-refractivity contribution in [3.05, 3.63) is 101 Å². The molecule has 0 spiro atoms. The third kappa shape index (κ3) is 9.30. The molecule has 4 aromatic rings. The predicted molar refractivity (Wildman–Crippen MR) is 172 cm³/mol. The van der Waals surface area contributed by atoms with E-state index in [0.29, 0.717) is 25.4 Å². The number of aromatic nitrogens is 1. The van der Waals surface area contributed by atoms with E-state index in [2.05, 4.69) is 67.8 Å². The highest BCUT2D eigenvalue weighted by Gasteiger charge is 2.21. The van der Waals surface area contributed by atoms with Crippen molar-refractivity contribution in [2.75, 3.05) is 6.54 Å². The Balaban J connectivity index is 1.63. The highest BCUT2D eigenvalue weighted by atomic mass is 16.6. The average molecular weight is 582 g/mol. The lowest BCUT2D eigenvalue weighted by molar-refractivity contribution is 0.0523. The third-order valence-electron chi connectivity index (χ3n) is 6.88. The fourth-order valence-electron chi connectivity index (χ4n) is 4.91. The Bertz CT molecular complexity index is 1540. The molecule has 4 rings (SSSR count). The third-order valence-corrected chi connectivity index (χ3v) is 6.88. The Morgan fingerprint density at radius 1 is 0.884 bits per heavy atom. The molecule has 2 N–H and O–H groups in total. The van der Waals surface area contributed by atoms with E-state index in [1.807, 2.05) is 57.2 Å². The highest BCUT2D eigenvalue weighted by molar-refractivity contribution is 5.97. The number of alkyl carbamates (subject to hydrolysis) is 2. The summed E-state index contributed by atoms with van der Waals surface area (Å²) in [5.74, 6) is 0.378. The first-order valence-corrected chi connectivity index (χ1v) is 14.9. The normalized spacial score (nSPS) is 11.4. The molecule has 0 atom stereocenters. The van der Waals surface area contributed by atoms with E-state index >= 15 is 0 Å². The zero-order valence-corrected chi connectivity index (χ0v) is 26.1. The van der Waals surface area contributed by atoms with Crippen LogP contribution in [0.3, 0.4) is 0 Å². The maximum atomic E-state index is 12.7. The van der Waals surface area contributed by atoms with Crippen molar-refractivity contribution < 1.29 is 19.1 Å². The number of carbonyl (C=O) groups excluding carboxylic acids is 2. The maximum Gasteiger partial charge on any atom is 0.407 e. The Labute approximate surface area is 255 Å². The Morgan fingerprint density at radius 2 is 1.60 bits per heavy atom. The number of fused-ring (bicyclic) bond motifs is 1. The molecular weight excluding hydrogens is 538 g/mol. The molecule has 0 radical (unpaired) electrons. The topological polar surface area (TPSA) is 89.5 Å². The van der Waals surface area contributed by atoms with Crippen LogP contribution in [0.15, 0.2) is 72.8 Å². The van der Waals surface area contributed by atoms with Gasteiger partial charge in [-0.3, -0.25) is 4.98 Å². The summed E-state index contributed by atoms with van der Waals surface area (Å²) in [5, 5.41) is 6.84. The van der Waals surface area contributed by atoms with Gasteiger partial charge in [-0.1, -0.05) is 80.1 Å². The predicted octanol–water partition coefficient (Wildman–Crippen LogP) is 7.90. The van der Waals surface area contributed by atoms with Gasteiger partial charge >= 0.3 is 12.2 Å². The van der Waals surface area contributed by atoms with Crippen LogP contribution in [0.1, 0.15) is 62.6 Å². The number of hydrogen-bond donors (Lipinski definition) is 2. The first-order chi connectivity index (χ1) is 20.5. The summed E-state index contributed by atoms with van der Waals surface area (Å²) in [5.41, 5.74) is 7.53. The molecule has 0 aliphatic carbocycles. The molecule has 0 aliphatic heterocycles. The maximum absolute atomic E-state index is 12.7. The van der Waals surface area contributed by atoms with Gasteiger partial charge in [-0.2, -0.15) is 0 Å². The van der Waals surface area contributed by atoms with Crippen LogP contribution in [0.5, 0.6) is 0 Å². The van der Waals surface area contributed by atoms with E-state index in [0.717, 1.165) is 50.8 Å². The SMILES string of the molecule is Cc1ccc(-c2c(CNC(=O)OC(C)(C)C)c(CC(C)C)nc3ccc(CCNC(=O)OCc4ccccc4)cc23)cc1. The molecular formula is C36H43N3O4. The number of nitrogens with one attached hydrogen (secondary N) is 2. The van der Waals surface area contributed by atoms with E-state index in [-0.39, 0.29) is 6.61 Å². The van der Waals surface area contributed by atoms with E-state index in [1.165, 1.54) is 5.56 Å². The first-order valence-electron chi connectivity index (χ1n) is 14.9. The summed E-state index contributed by atoms with van der Waals surface area (Å²) in [7, 11) is 0. The van der Waals surface area contributed by atoms with Crippen molar-refractivity contribution in [1.29, 1.82) is 0 Å². The minimum Gasteiger partial charge on any atom is -0.445 e. The number of pyridine rings is 1. The van der Waals surface area contributed by atoms with Crippen LogP contribution in [0.2, 0.25) is 0 Å². The molecule has 0 saturated heterocycles. The molecule has 7 nitrogen and oxygen atoms in total. The van der Waals surface area contributed by atoms with Gasteiger partial charge in [0, 0.05) is 29.7 Å². The van der Waals surface area contributed by atoms with Crippen LogP contribution in [0.4, 0.5) is 9.59 Å². The fraction of sp³-hybridized carbons (Fsp3) is 0.361. The molecule has 2 amide bonds. The van der Waals surface area contributed by atoms with Gasteiger partial charge in [0.2, 0.25) is 0 Å². The van der Waals surface area contributed by atoms with E-state index in [4.69, 9.17) is 14.5 Å². The van der Waals surface area contributed by atoms with Gasteiger partial charge in [-0.25, -0.2) is 9.59 Å². The van der Waals surface area contributed by atoms with Crippen LogP contribution in [-0.2, 0) is 35.5 Å². The van der Waals surface area contributed by atoms with Gasteiger partial charge in [-0.05, 0) is 80.8 Å². The number of amides is 2. The molecule has 3 aromatic carbocycles. The van der Waals surface area contributed by atoms with Gasteiger partial charge in [0.15, 0.2) is 0 Å². The lowest BCUT2D eigenvalue weighted by Crippen LogP contribution is -2.32. The van der Waals surface area contributed by atoms with Crippen LogP contribution >= 0.6 is 0 Å². The molecule has 226 valence electrons. The van der Waals surface area contributed by atoms with Crippen LogP contribution in [0, 0.1) is 12.8 Å². The summed E-state index contributed by atoms with van der Waals surface area (Å²) >= 11 is 0. The molecule has 0 saturated carbocycles. The van der Waals surface area contributed by atoms with Crippen LogP contribution < -0.4 is 10.6 Å². The number of nitrogens with zero attached hydrogens (tertiary/aromatic N) is 1. The first kappa shape index (κ1) is 31.5. The van der Waals surface area contributed by atoms with Crippen molar-refractivity contribution >= 4 is 23.1 Å². The molecule has 0 aliphatic rings.